The van der Waals surface area contributed by atoms with Crippen LogP contribution < -0.4 is 0 Å². The lowest BCUT2D eigenvalue weighted by atomic mass is 10.1. The Hall–Kier alpha value is -3.91. The second-order valence-electron chi connectivity index (χ2n) is 7.22. The van der Waals surface area contributed by atoms with Gasteiger partial charge in [0.15, 0.2) is 18.1 Å². The first-order valence-corrected chi connectivity index (χ1v) is 10.4. The number of ether oxygens (including phenoxy) is 1. The standard InChI is InChI=1S/C25H16ClF3N2O3/c26-19-8-4-5-9-20(19)31-21(14-23(30-31)25(27,28)29)16-10-12-18(13-11-16)24(33)34-15-22(32)17-6-2-1-3-7-17/h1-14H,15H2. The highest BCUT2D eigenvalue weighted by atomic mass is 35.5. The Morgan fingerprint density at radius 3 is 2.18 bits per heavy atom. The summed E-state index contributed by atoms with van der Waals surface area (Å²) in [7, 11) is 0. The van der Waals surface area contributed by atoms with Gasteiger partial charge in [0.2, 0.25) is 0 Å². The first-order valence-electron chi connectivity index (χ1n) is 10.0. The Balaban J connectivity index is 1.58. The Morgan fingerprint density at radius 2 is 1.53 bits per heavy atom. The zero-order valence-electron chi connectivity index (χ0n) is 17.4. The largest absolute Gasteiger partial charge is 0.454 e. The molecule has 172 valence electrons. The lowest BCUT2D eigenvalue weighted by molar-refractivity contribution is -0.141. The van der Waals surface area contributed by atoms with E-state index in [4.69, 9.17) is 16.3 Å². The predicted octanol–water partition coefficient (Wildman–Crippen LogP) is 6.25. The molecule has 0 radical (unpaired) electrons. The Bertz CT molecular complexity index is 1330. The number of esters is 1. The van der Waals surface area contributed by atoms with Crippen molar-refractivity contribution >= 4 is 23.4 Å². The molecule has 9 heteroatoms. The summed E-state index contributed by atoms with van der Waals surface area (Å²) in [6.07, 6.45) is -4.66. The van der Waals surface area contributed by atoms with Crippen molar-refractivity contribution in [2.24, 2.45) is 0 Å². The van der Waals surface area contributed by atoms with Gasteiger partial charge in [-0.1, -0.05) is 66.2 Å². The van der Waals surface area contributed by atoms with Crippen LogP contribution in [0.5, 0.6) is 0 Å². The van der Waals surface area contributed by atoms with Crippen molar-refractivity contribution in [1.29, 1.82) is 0 Å². The van der Waals surface area contributed by atoms with Crippen LogP contribution in [0.25, 0.3) is 16.9 Å². The number of hydrogen-bond acceptors (Lipinski definition) is 4. The second-order valence-corrected chi connectivity index (χ2v) is 7.63. The van der Waals surface area contributed by atoms with Gasteiger partial charge in [-0.2, -0.15) is 18.3 Å². The van der Waals surface area contributed by atoms with Gasteiger partial charge in [-0.15, -0.1) is 0 Å². The van der Waals surface area contributed by atoms with Crippen LogP contribution in [-0.4, -0.2) is 28.1 Å². The number of rotatable bonds is 6. The minimum Gasteiger partial charge on any atom is -0.454 e. The molecule has 0 amide bonds. The van der Waals surface area contributed by atoms with Crippen LogP contribution in [0.3, 0.4) is 0 Å². The quantitative estimate of drug-likeness (QED) is 0.240. The summed E-state index contributed by atoms with van der Waals surface area (Å²) in [4.78, 5) is 24.5. The molecule has 0 N–H and O–H groups in total. The van der Waals surface area contributed by atoms with Crippen LogP contribution in [0.2, 0.25) is 5.02 Å². The molecule has 0 spiro atoms. The van der Waals surface area contributed by atoms with E-state index in [1.54, 1.807) is 54.6 Å². The zero-order valence-corrected chi connectivity index (χ0v) is 18.2. The summed E-state index contributed by atoms with van der Waals surface area (Å²) in [6, 6.07) is 21.4. The fourth-order valence-electron chi connectivity index (χ4n) is 3.23. The molecule has 0 unspecified atom stereocenters. The van der Waals surface area contributed by atoms with E-state index in [2.05, 4.69) is 5.10 Å². The number of alkyl halides is 3. The van der Waals surface area contributed by atoms with E-state index >= 15 is 0 Å². The first-order chi connectivity index (χ1) is 16.2. The molecular weight excluding hydrogens is 469 g/mol. The Kier molecular flexibility index (Phi) is 6.51. The van der Waals surface area contributed by atoms with Crippen molar-refractivity contribution in [3.63, 3.8) is 0 Å². The number of aromatic nitrogens is 2. The number of Topliss-reactive ketones (excluding diaryl/α,β-unsaturated/α-hetero) is 1. The van der Waals surface area contributed by atoms with Crippen molar-refractivity contribution in [2.75, 3.05) is 6.61 Å². The van der Waals surface area contributed by atoms with Gasteiger partial charge in [-0.3, -0.25) is 4.79 Å². The van der Waals surface area contributed by atoms with Crippen LogP contribution in [-0.2, 0) is 10.9 Å². The number of benzene rings is 3. The summed E-state index contributed by atoms with van der Waals surface area (Å²) in [5.74, 6) is -1.08. The van der Waals surface area contributed by atoms with Crippen molar-refractivity contribution < 1.29 is 27.5 Å². The SMILES string of the molecule is O=C(COC(=O)c1ccc(-c2cc(C(F)(F)F)nn2-c2ccccc2Cl)cc1)c1ccccc1. The molecule has 3 aromatic carbocycles. The van der Waals surface area contributed by atoms with E-state index < -0.39 is 24.4 Å². The van der Waals surface area contributed by atoms with Gasteiger partial charge >= 0.3 is 12.1 Å². The predicted molar refractivity (Wildman–Crippen MR) is 120 cm³/mol. The smallest absolute Gasteiger partial charge is 0.435 e. The number of nitrogens with zero attached hydrogens (tertiary/aromatic N) is 2. The minimum atomic E-state index is -4.66. The van der Waals surface area contributed by atoms with Gasteiger partial charge in [0.25, 0.3) is 0 Å². The van der Waals surface area contributed by atoms with Gasteiger partial charge in [0, 0.05) is 11.1 Å². The summed E-state index contributed by atoms with van der Waals surface area (Å²) < 4.78 is 46.3. The van der Waals surface area contributed by atoms with Crippen molar-refractivity contribution in [2.45, 2.75) is 6.18 Å². The molecule has 4 aromatic rings. The number of para-hydroxylation sites is 1. The third-order valence-corrected chi connectivity index (χ3v) is 5.25. The molecule has 4 rings (SSSR count). The lowest BCUT2D eigenvalue weighted by Crippen LogP contribution is -2.14. The molecule has 0 aliphatic heterocycles. The average Bonchev–Trinajstić information content (AvgIpc) is 3.29. The van der Waals surface area contributed by atoms with E-state index in [0.29, 0.717) is 11.1 Å². The van der Waals surface area contributed by atoms with Crippen LogP contribution in [0.4, 0.5) is 13.2 Å². The summed E-state index contributed by atoms with van der Waals surface area (Å²) in [5.41, 5.74) is 0.269. The highest BCUT2D eigenvalue weighted by Gasteiger charge is 2.35. The average molecular weight is 485 g/mol. The molecule has 0 atom stereocenters. The number of carbonyl (C=O) groups excluding carboxylic acids is 2. The molecule has 0 saturated heterocycles. The van der Waals surface area contributed by atoms with E-state index in [9.17, 15) is 22.8 Å². The van der Waals surface area contributed by atoms with Gasteiger partial charge in [-0.05, 0) is 30.3 Å². The summed E-state index contributed by atoms with van der Waals surface area (Å²) >= 11 is 6.18. The van der Waals surface area contributed by atoms with E-state index in [1.165, 1.54) is 24.3 Å². The number of hydrogen-bond donors (Lipinski definition) is 0. The minimum absolute atomic E-state index is 0.139. The zero-order chi connectivity index (χ0) is 24.3. The molecule has 0 saturated carbocycles. The van der Waals surface area contributed by atoms with E-state index in [0.717, 1.165) is 10.7 Å². The molecule has 0 bridgehead atoms. The van der Waals surface area contributed by atoms with E-state index in [-0.39, 0.29) is 27.8 Å². The van der Waals surface area contributed by atoms with Crippen molar-refractivity contribution in [1.82, 2.24) is 9.78 Å². The summed E-state index contributed by atoms with van der Waals surface area (Å²) in [5, 5.41) is 3.93. The van der Waals surface area contributed by atoms with E-state index in [1.807, 2.05) is 0 Å². The number of ketones is 1. The third kappa shape index (κ3) is 5.02. The topological polar surface area (TPSA) is 61.2 Å². The summed E-state index contributed by atoms with van der Waals surface area (Å²) in [6.45, 7) is -0.432. The highest BCUT2D eigenvalue weighted by molar-refractivity contribution is 6.32. The molecular formula is C25H16ClF3N2O3. The Labute approximate surface area is 197 Å². The van der Waals surface area contributed by atoms with Crippen LogP contribution in [0, 0.1) is 0 Å². The van der Waals surface area contributed by atoms with Crippen LogP contribution in [0.15, 0.2) is 84.9 Å². The Morgan fingerprint density at radius 1 is 0.882 bits per heavy atom. The third-order valence-electron chi connectivity index (χ3n) is 4.93. The number of halogens is 4. The monoisotopic (exact) mass is 484 g/mol. The van der Waals surface area contributed by atoms with Crippen LogP contribution >= 0.6 is 11.6 Å². The van der Waals surface area contributed by atoms with Crippen molar-refractivity contribution in [3.05, 3.63) is 107 Å². The molecule has 0 aliphatic rings. The lowest BCUT2D eigenvalue weighted by Gasteiger charge is -2.10. The van der Waals surface area contributed by atoms with Gasteiger partial charge < -0.3 is 4.74 Å². The maximum atomic E-state index is 13.4. The molecule has 5 nitrogen and oxygen atoms in total. The molecule has 1 aromatic heterocycles. The fraction of sp³-hybridized carbons (Fsp3) is 0.0800. The van der Waals surface area contributed by atoms with Gasteiger partial charge in [0.05, 0.1) is 22.0 Å². The normalized spacial score (nSPS) is 11.3. The molecule has 1 heterocycles. The molecule has 34 heavy (non-hydrogen) atoms. The fourth-order valence-corrected chi connectivity index (χ4v) is 3.45. The molecule has 0 fully saturated rings. The maximum absolute atomic E-state index is 13.4. The van der Waals surface area contributed by atoms with Crippen molar-refractivity contribution in [3.8, 4) is 16.9 Å². The highest BCUT2D eigenvalue weighted by Crippen LogP contribution is 2.34. The van der Waals surface area contributed by atoms with Gasteiger partial charge in [-0.25, -0.2) is 9.48 Å². The second kappa shape index (κ2) is 9.52. The number of carbonyl (C=O) groups is 2. The van der Waals surface area contributed by atoms with Crippen LogP contribution in [0.1, 0.15) is 26.4 Å². The first kappa shape index (κ1) is 23.3. The van der Waals surface area contributed by atoms with Gasteiger partial charge in [0.1, 0.15) is 0 Å². The molecule has 0 aliphatic carbocycles. The maximum Gasteiger partial charge on any atom is 0.435 e.